The molecule has 36 heavy (non-hydrogen) atoms. The Kier molecular flexibility index (Phi) is 6.37. The normalized spacial score (nSPS) is 17.7. The number of ether oxygens (including phenoxy) is 1. The summed E-state index contributed by atoms with van der Waals surface area (Å²) in [7, 11) is 0. The van der Waals surface area contributed by atoms with E-state index in [1.54, 1.807) is 22.1 Å². The molecule has 1 atom stereocenters. The Hall–Kier alpha value is -3.18. The molecule has 2 aromatic heterocycles. The topological polar surface area (TPSA) is 104 Å². The predicted octanol–water partition coefficient (Wildman–Crippen LogP) is 5.87. The monoisotopic (exact) mass is 571 g/mol. The van der Waals surface area contributed by atoms with Gasteiger partial charge in [-0.25, -0.2) is 14.6 Å². The van der Waals surface area contributed by atoms with E-state index in [4.69, 9.17) is 4.74 Å². The van der Waals surface area contributed by atoms with Crippen LogP contribution in [0.15, 0.2) is 41.0 Å². The highest BCUT2D eigenvalue weighted by atomic mass is 79.9. The summed E-state index contributed by atoms with van der Waals surface area (Å²) in [5.74, 6) is -0.300. The predicted molar refractivity (Wildman–Crippen MR) is 143 cm³/mol. The van der Waals surface area contributed by atoms with Crippen LogP contribution < -0.4 is 15.5 Å². The third-order valence-electron chi connectivity index (χ3n) is 5.93. The Bertz CT molecular complexity index is 1370. The van der Waals surface area contributed by atoms with Crippen molar-refractivity contribution >= 4 is 72.6 Å². The van der Waals surface area contributed by atoms with E-state index in [-0.39, 0.29) is 24.1 Å². The van der Waals surface area contributed by atoms with Gasteiger partial charge in [-0.15, -0.1) is 11.3 Å². The molecule has 0 aliphatic carbocycles. The lowest BCUT2D eigenvalue weighted by atomic mass is 10.1. The lowest BCUT2D eigenvalue weighted by Crippen LogP contribution is -2.50. The Morgan fingerprint density at radius 2 is 2.08 bits per heavy atom. The number of rotatable bonds is 3. The van der Waals surface area contributed by atoms with E-state index in [0.29, 0.717) is 39.9 Å². The average molecular weight is 572 g/mol. The first kappa shape index (κ1) is 24.5. The lowest BCUT2D eigenvalue weighted by Gasteiger charge is -2.34. The van der Waals surface area contributed by atoms with E-state index < -0.39 is 5.60 Å². The molecule has 0 spiro atoms. The third kappa shape index (κ3) is 4.77. The molecule has 4 amide bonds. The molecule has 3 aromatic rings. The number of piperidine rings is 1. The van der Waals surface area contributed by atoms with Gasteiger partial charge < -0.3 is 20.3 Å². The maximum Gasteiger partial charge on any atom is 0.410 e. The molecule has 0 radical (unpaired) electrons. The van der Waals surface area contributed by atoms with Gasteiger partial charge in [0.05, 0.1) is 22.4 Å². The van der Waals surface area contributed by atoms with Crippen LogP contribution >= 0.6 is 27.3 Å². The van der Waals surface area contributed by atoms with Crippen LogP contribution in [0.3, 0.4) is 0 Å². The van der Waals surface area contributed by atoms with Gasteiger partial charge in [0.15, 0.2) is 0 Å². The number of pyridine rings is 1. The molecule has 2 aliphatic heterocycles. The van der Waals surface area contributed by atoms with Crippen molar-refractivity contribution in [2.24, 2.45) is 0 Å². The molecule has 1 fully saturated rings. The second kappa shape index (κ2) is 9.36. The molecule has 2 N–H and O–H groups in total. The Morgan fingerprint density at radius 1 is 1.28 bits per heavy atom. The minimum absolute atomic E-state index is 0.221. The molecule has 0 bridgehead atoms. The summed E-state index contributed by atoms with van der Waals surface area (Å²) in [5.41, 5.74) is 1.24. The van der Waals surface area contributed by atoms with Crippen molar-refractivity contribution in [1.29, 1.82) is 0 Å². The highest BCUT2D eigenvalue weighted by Crippen LogP contribution is 2.45. The van der Waals surface area contributed by atoms with Crippen LogP contribution in [-0.2, 0) is 4.74 Å². The molecule has 1 saturated heterocycles. The number of hydrogen-bond acceptors (Lipinski definition) is 6. The van der Waals surface area contributed by atoms with Crippen LogP contribution in [0.25, 0.3) is 10.2 Å². The Labute approximate surface area is 220 Å². The Morgan fingerprint density at radius 3 is 2.83 bits per heavy atom. The average Bonchev–Trinajstić information content (AvgIpc) is 3.18. The molecule has 188 valence electrons. The number of carbonyl (C=O) groups is 3. The van der Waals surface area contributed by atoms with E-state index in [9.17, 15) is 14.4 Å². The molecular weight excluding hydrogens is 546 g/mol. The number of thiophene rings is 1. The van der Waals surface area contributed by atoms with Crippen molar-refractivity contribution in [2.45, 2.75) is 45.3 Å². The van der Waals surface area contributed by atoms with E-state index in [1.807, 2.05) is 45.0 Å². The highest BCUT2D eigenvalue weighted by molar-refractivity contribution is 9.10. The highest BCUT2D eigenvalue weighted by Gasteiger charge is 2.34. The van der Waals surface area contributed by atoms with E-state index in [0.717, 1.165) is 22.7 Å². The second-order valence-corrected chi connectivity index (χ2v) is 11.7. The van der Waals surface area contributed by atoms with Gasteiger partial charge in [-0.1, -0.05) is 22.0 Å². The maximum absolute atomic E-state index is 13.4. The molecule has 2 aliphatic rings. The van der Waals surface area contributed by atoms with E-state index in [1.165, 1.54) is 11.3 Å². The summed E-state index contributed by atoms with van der Waals surface area (Å²) in [5, 5.41) is 6.69. The minimum Gasteiger partial charge on any atom is -0.444 e. The van der Waals surface area contributed by atoms with E-state index >= 15 is 0 Å². The van der Waals surface area contributed by atoms with Gasteiger partial charge in [0.25, 0.3) is 5.91 Å². The molecule has 5 rings (SSSR count). The standard InChI is InChI=1S/C25H26BrN5O4S/c1-25(2,3)35-24(34)30-11-5-7-15(13-30)28-21(32)20-19-18-17(9-10-27-22(18)36-20)31(23(33)29-19)16-8-4-6-14(26)12-16/h4,6,8-10,12,15H,5,7,11,13H2,1-3H3,(H,28,32)(H,29,33)/t15-/m1/s1. The second-order valence-electron chi connectivity index (χ2n) is 9.80. The van der Waals surface area contributed by atoms with E-state index in [2.05, 4.69) is 31.5 Å². The fourth-order valence-electron chi connectivity index (χ4n) is 4.45. The number of anilines is 3. The number of urea groups is 1. The quantitative estimate of drug-likeness (QED) is 0.409. The first-order chi connectivity index (χ1) is 17.1. The lowest BCUT2D eigenvalue weighted by molar-refractivity contribution is 0.0185. The molecule has 1 aromatic carbocycles. The number of halogens is 1. The van der Waals surface area contributed by atoms with Gasteiger partial charge in [0.2, 0.25) is 0 Å². The zero-order chi connectivity index (χ0) is 25.6. The van der Waals surface area contributed by atoms with Crippen LogP contribution in [-0.4, -0.2) is 52.6 Å². The molecule has 11 heteroatoms. The summed E-state index contributed by atoms with van der Waals surface area (Å²) in [4.78, 5) is 47.8. The van der Waals surface area contributed by atoms with Gasteiger partial charge in [0, 0.05) is 29.8 Å². The number of carbonyl (C=O) groups excluding carboxylic acids is 3. The molecular formula is C25H26BrN5O4S. The summed E-state index contributed by atoms with van der Waals surface area (Å²) < 4.78 is 6.34. The van der Waals surface area contributed by atoms with Crippen molar-refractivity contribution in [3.05, 3.63) is 45.9 Å². The number of likely N-dealkylation sites (tertiary alicyclic amines) is 1. The Balaban J connectivity index is 1.40. The van der Waals surface area contributed by atoms with Crippen LogP contribution in [0.5, 0.6) is 0 Å². The summed E-state index contributed by atoms with van der Waals surface area (Å²) in [6, 6.07) is 8.66. The van der Waals surface area contributed by atoms with Crippen LogP contribution in [0.1, 0.15) is 43.3 Å². The van der Waals surface area contributed by atoms with Gasteiger partial charge in [-0.2, -0.15) is 0 Å². The SMILES string of the molecule is CC(C)(C)OC(=O)N1CCC[C@@H](NC(=O)c2sc3nccc4c3c2NC(=O)N4c2cccc(Br)c2)C1. The van der Waals surface area contributed by atoms with Crippen molar-refractivity contribution in [1.82, 2.24) is 15.2 Å². The molecule has 4 heterocycles. The number of nitrogens with one attached hydrogen (secondary N) is 2. The van der Waals surface area contributed by atoms with Gasteiger partial charge >= 0.3 is 12.1 Å². The smallest absolute Gasteiger partial charge is 0.410 e. The summed E-state index contributed by atoms with van der Waals surface area (Å²) in [6.07, 6.45) is 2.76. The fourth-order valence-corrected chi connectivity index (χ4v) is 5.86. The number of aromatic nitrogens is 1. The van der Waals surface area contributed by atoms with Crippen molar-refractivity contribution in [3.63, 3.8) is 0 Å². The van der Waals surface area contributed by atoms with Crippen molar-refractivity contribution in [3.8, 4) is 0 Å². The molecule has 9 nitrogen and oxygen atoms in total. The zero-order valence-electron chi connectivity index (χ0n) is 20.1. The fraction of sp³-hybridized carbons (Fsp3) is 0.360. The number of amides is 4. The first-order valence-electron chi connectivity index (χ1n) is 11.7. The van der Waals surface area contributed by atoms with Gasteiger partial charge in [-0.05, 0) is 57.9 Å². The number of nitrogens with zero attached hydrogens (tertiary/aromatic N) is 3. The van der Waals surface area contributed by atoms with Gasteiger partial charge in [0.1, 0.15) is 15.3 Å². The summed E-state index contributed by atoms with van der Waals surface area (Å²) >= 11 is 4.70. The minimum atomic E-state index is -0.584. The summed E-state index contributed by atoms with van der Waals surface area (Å²) in [6.45, 7) is 6.44. The number of hydrogen-bond donors (Lipinski definition) is 2. The van der Waals surface area contributed by atoms with Crippen LogP contribution in [0.2, 0.25) is 0 Å². The van der Waals surface area contributed by atoms with Crippen LogP contribution in [0.4, 0.5) is 26.7 Å². The van der Waals surface area contributed by atoms with Gasteiger partial charge in [-0.3, -0.25) is 9.69 Å². The van der Waals surface area contributed by atoms with Crippen LogP contribution in [0, 0.1) is 0 Å². The van der Waals surface area contributed by atoms with Crippen molar-refractivity contribution in [2.75, 3.05) is 23.3 Å². The van der Waals surface area contributed by atoms with Crippen molar-refractivity contribution < 1.29 is 19.1 Å². The molecule has 0 saturated carbocycles. The third-order valence-corrected chi connectivity index (χ3v) is 7.52. The first-order valence-corrected chi connectivity index (χ1v) is 13.3. The zero-order valence-corrected chi connectivity index (χ0v) is 22.5. The number of benzene rings is 1. The maximum atomic E-state index is 13.4. The molecule has 0 unspecified atom stereocenters. The largest absolute Gasteiger partial charge is 0.444 e.